The Morgan fingerprint density at radius 1 is 1.30 bits per heavy atom. The van der Waals surface area contributed by atoms with Crippen molar-refractivity contribution in [2.45, 2.75) is 44.6 Å². The number of imidazole rings is 1. The van der Waals surface area contributed by atoms with Crippen molar-refractivity contribution in [1.82, 2.24) is 14.3 Å². The number of rotatable bonds is 3. The van der Waals surface area contributed by atoms with Crippen molar-refractivity contribution in [3.63, 3.8) is 0 Å². The molecule has 2 atom stereocenters. The molecule has 122 valence electrons. The van der Waals surface area contributed by atoms with Gasteiger partial charge in [-0.05, 0) is 50.7 Å². The fourth-order valence-electron chi connectivity index (χ4n) is 3.60. The van der Waals surface area contributed by atoms with E-state index in [4.69, 9.17) is 4.98 Å². The lowest BCUT2D eigenvalue weighted by atomic mass is 9.94. The van der Waals surface area contributed by atoms with Crippen LogP contribution in [-0.4, -0.2) is 44.5 Å². The summed E-state index contributed by atoms with van der Waals surface area (Å²) in [5.41, 5.74) is 1.47. The fourth-order valence-corrected chi connectivity index (χ4v) is 3.60. The number of aliphatic hydroxyl groups excluding tert-OH is 1. The van der Waals surface area contributed by atoms with Crippen LogP contribution in [0.15, 0.2) is 24.4 Å². The molecule has 2 aromatic rings. The number of hydrogen-bond donors (Lipinski definition) is 1. The molecule has 2 aliphatic rings. The molecule has 1 amide bonds. The van der Waals surface area contributed by atoms with E-state index >= 15 is 0 Å². The summed E-state index contributed by atoms with van der Waals surface area (Å²) in [7, 11) is 0. The molecule has 1 saturated heterocycles. The Labute approximate surface area is 135 Å². The number of piperidine rings is 1. The lowest BCUT2D eigenvalue weighted by molar-refractivity contribution is 0.0485. The maximum atomic E-state index is 13.1. The third kappa shape index (κ3) is 2.53. The van der Waals surface area contributed by atoms with Crippen LogP contribution in [0.5, 0.6) is 0 Å². The molecule has 0 spiro atoms. The Morgan fingerprint density at radius 3 is 2.87 bits per heavy atom. The van der Waals surface area contributed by atoms with Gasteiger partial charge in [-0.25, -0.2) is 4.98 Å². The first-order chi connectivity index (χ1) is 11.2. The lowest BCUT2D eigenvalue weighted by Gasteiger charge is -2.37. The first kappa shape index (κ1) is 14.7. The molecule has 23 heavy (non-hydrogen) atoms. The number of fused-ring (bicyclic) bond motifs is 1. The standard InChI is InChI=1S/C18H23N3O2/c1-12-5-6-13(11-22)10-21(12)18(23)16-15-4-2-3-9-20(15)17(19-16)14-7-8-14/h2-4,9,12-14,22H,5-8,10-11H2,1H3. The maximum absolute atomic E-state index is 13.1. The molecular formula is C18H23N3O2. The van der Waals surface area contributed by atoms with E-state index in [1.165, 1.54) is 0 Å². The molecule has 0 bridgehead atoms. The normalized spacial score (nSPS) is 25.0. The van der Waals surface area contributed by atoms with Gasteiger partial charge in [-0.15, -0.1) is 0 Å². The van der Waals surface area contributed by atoms with Crippen molar-refractivity contribution in [2.75, 3.05) is 13.2 Å². The van der Waals surface area contributed by atoms with Gasteiger partial charge >= 0.3 is 0 Å². The SMILES string of the molecule is CC1CCC(CO)CN1C(=O)c1nc(C2CC2)n2ccccc12. The Kier molecular flexibility index (Phi) is 3.60. The van der Waals surface area contributed by atoms with Crippen molar-refractivity contribution < 1.29 is 9.90 Å². The average Bonchev–Trinajstić information content (AvgIpc) is 3.35. The summed E-state index contributed by atoms with van der Waals surface area (Å²) < 4.78 is 2.07. The van der Waals surface area contributed by atoms with Crippen LogP contribution in [0.1, 0.15) is 54.8 Å². The van der Waals surface area contributed by atoms with Gasteiger partial charge in [0.15, 0.2) is 5.69 Å². The van der Waals surface area contributed by atoms with E-state index in [1.54, 1.807) is 0 Å². The van der Waals surface area contributed by atoms with E-state index in [9.17, 15) is 9.90 Å². The third-order valence-corrected chi connectivity index (χ3v) is 5.22. The summed E-state index contributed by atoms with van der Waals surface area (Å²) in [6, 6.07) is 6.13. The second-order valence-corrected chi connectivity index (χ2v) is 6.98. The molecule has 1 saturated carbocycles. The topological polar surface area (TPSA) is 57.8 Å². The molecular weight excluding hydrogens is 290 g/mol. The fraction of sp³-hybridized carbons (Fsp3) is 0.556. The molecule has 5 heteroatoms. The molecule has 1 aliphatic heterocycles. The molecule has 2 aromatic heterocycles. The van der Waals surface area contributed by atoms with E-state index in [0.717, 1.165) is 37.0 Å². The van der Waals surface area contributed by atoms with Crippen LogP contribution in [0.3, 0.4) is 0 Å². The van der Waals surface area contributed by atoms with Crippen LogP contribution in [0.4, 0.5) is 0 Å². The highest BCUT2D eigenvalue weighted by Gasteiger charge is 2.34. The zero-order valence-corrected chi connectivity index (χ0v) is 13.5. The number of aromatic nitrogens is 2. The van der Waals surface area contributed by atoms with E-state index in [1.807, 2.05) is 29.3 Å². The van der Waals surface area contributed by atoms with Gasteiger partial charge in [-0.2, -0.15) is 0 Å². The third-order valence-electron chi connectivity index (χ3n) is 5.22. The van der Waals surface area contributed by atoms with Crippen LogP contribution in [-0.2, 0) is 0 Å². The summed E-state index contributed by atoms with van der Waals surface area (Å²) in [5, 5.41) is 9.45. The van der Waals surface area contributed by atoms with Gasteiger partial charge in [0.2, 0.25) is 0 Å². The molecule has 0 aromatic carbocycles. The average molecular weight is 313 g/mol. The highest BCUT2D eigenvalue weighted by molar-refractivity contribution is 5.99. The number of nitrogens with zero attached hydrogens (tertiary/aromatic N) is 3. The predicted octanol–water partition coefficient (Wildman–Crippen LogP) is 2.44. The van der Waals surface area contributed by atoms with Crippen LogP contribution >= 0.6 is 0 Å². The van der Waals surface area contributed by atoms with Gasteiger partial charge in [0, 0.05) is 31.3 Å². The van der Waals surface area contributed by atoms with Crippen LogP contribution in [0.2, 0.25) is 0 Å². The zero-order valence-electron chi connectivity index (χ0n) is 13.5. The van der Waals surface area contributed by atoms with Crippen molar-refractivity contribution in [2.24, 2.45) is 5.92 Å². The monoisotopic (exact) mass is 313 g/mol. The molecule has 0 radical (unpaired) electrons. The van der Waals surface area contributed by atoms with E-state index < -0.39 is 0 Å². The number of carbonyl (C=O) groups is 1. The van der Waals surface area contributed by atoms with E-state index in [0.29, 0.717) is 18.2 Å². The van der Waals surface area contributed by atoms with Gasteiger partial charge in [0.1, 0.15) is 5.82 Å². The van der Waals surface area contributed by atoms with Crippen LogP contribution in [0, 0.1) is 5.92 Å². The van der Waals surface area contributed by atoms with E-state index in [2.05, 4.69) is 11.3 Å². The summed E-state index contributed by atoms with van der Waals surface area (Å²) in [4.78, 5) is 19.7. The predicted molar refractivity (Wildman–Crippen MR) is 87.5 cm³/mol. The van der Waals surface area contributed by atoms with E-state index in [-0.39, 0.29) is 24.5 Å². The van der Waals surface area contributed by atoms with Crippen molar-refractivity contribution >= 4 is 11.4 Å². The first-order valence-electron chi connectivity index (χ1n) is 8.58. The second-order valence-electron chi connectivity index (χ2n) is 6.98. The van der Waals surface area contributed by atoms with Gasteiger partial charge < -0.3 is 14.4 Å². The van der Waals surface area contributed by atoms with Gasteiger partial charge in [0.25, 0.3) is 5.91 Å². The second kappa shape index (κ2) is 5.64. The first-order valence-corrected chi connectivity index (χ1v) is 8.58. The van der Waals surface area contributed by atoms with Crippen LogP contribution < -0.4 is 0 Å². The number of amides is 1. The molecule has 4 rings (SSSR count). The quantitative estimate of drug-likeness (QED) is 0.947. The number of carbonyl (C=O) groups excluding carboxylic acids is 1. The minimum absolute atomic E-state index is 0.00579. The van der Waals surface area contributed by atoms with Crippen LogP contribution in [0.25, 0.3) is 5.52 Å². The molecule has 5 nitrogen and oxygen atoms in total. The Bertz CT molecular complexity index is 735. The number of likely N-dealkylation sites (tertiary alicyclic amines) is 1. The van der Waals surface area contributed by atoms with Gasteiger partial charge in [-0.1, -0.05) is 6.07 Å². The Morgan fingerprint density at radius 2 is 2.13 bits per heavy atom. The minimum atomic E-state index is 0.00579. The molecule has 1 aliphatic carbocycles. The lowest BCUT2D eigenvalue weighted by Crippen LogP contribution is -2.46. The smallest absolute Gasteiger partial charge is 0.274 e. The van der Waals surface area contributed by atoms with Crippen molar-refractivity contribution in [1.29, 1.82) is 0 Å². The summed E-state index contributed by atoms with van der Waals surface area (Å²) in [6.07, 6.45) is 6.25. The highest BCUT2D eigenvalue weighted by atomic mass is 16.3. The van der Waals surface area contributed by atoms with Gasteiger partial charge in [0.05, 0.1) is 5.52 Å². The largest absolute Gasteiger partial charge is 0.396 e. The Hall–Kier alpha value is -1.88. The summed E-state index contributed by atoms with van der Waals surface area (Å²) in [6.45, 7) is 2.86. The summed E-state index contributed by atoms with van der Waals surface area (Å²) >= 11 is 0. The van der Waals surface area contributed by atoms with Crippen molar-refractivity contribution in [3.05, 3.63) is 35.9 Å². The number of hydrogen-bond acceptors (Lipinski definition) is 3. The van der Waals surface area contributed by atoms with Crippen molar-refractivity contribution in [3.8, 4) is 0 Å². The molecule has 2 unspecified atom stereocenters. The maximum Gasteiger partial charge on any atom is 0.274 e. The number of pyridine rings is 1. The molecule has 1 N–H and O–H groups in total. The molecule has 2 fully saturated rings. The minimum Gasteiger partial charge on any atom is -0.396 e. The summed E-state index contributed by atoms with van der Waals surface area (Å²) in [5.74, 6) is 1.71. The zero-order chi connectivity index (χ0) is 16.0. The molecule has 3 heterocycles. The number of aliphatic hydroxyl groups is 1. The van der Waals surface area contributed by atoms with Gasteiger partial charge in [-0.3, -0.25) is 4.79 Å². The highest BCUT2D eigenvalue weighted by Crippen LogP contribution is 2.40. The Balaban J connectivity index is 1.72.